The van der Waals surface area contributed by atoms with Crippen molar-refractivity contribution in [1.82, 2.24) is 4.90 Å². The molecule has 0 radical (unpaired) electrons. The maximum absolute atomic E-state index is 12.5. The Kier molecular flexibility index (Phi) is 4.43. The summed E-state index contributed by atoms with van der Waals surface area (Å²) in [6.45, 7) is 3.97. The molecule has 3 nitrogen and oxygen atoms in total. The Bertz CT molecular complexity index is 267. The van der Waals surface area contributed by atoms with E-state index < -0.39 is 0 Å². The lowest BCUT2D eigenvalue weighted by Crippen LogP contribution is -2.40. The summed E-state index contributed by atoms with van der Waals surface area (Å²) in [6.07, 6.45) is 8.10. The van der Waals surface area contributed by atoms with Gasteiger partial charge in [-0.3, -0.25) is 4.79 Å². The fraction of sp³-hybridized carbons (Fsp3) is 0.929. The van der Waals surface area contributed by atoms with Crippen molar-refractivity contribution in [3.8, 4) is 0 Å². The van der Waals surface area contributed by atoms with Crippen molar-refractivity contribution in [1.29, 1.82) is 0 Å². The van der Waals surface area contributed by atoms with Gasteiger partial charge in [0, 0.05) is 18.5 Å². The first-order valence-corrected chi connectivity index (χ1v) is 7.24. The van der Waals surface area contributed by atoms with E-state index in [1.807, 2.05) is 0 Å². The van der Waals surface area contributed by atoms with E-state index in [9.17, 15) is 4.79 Å². The van der Waals surface area contributed by atoms with Gasteiger partial charge >= 0.3 is 0 Å². The highest BCUT2D eigenvalue weighted by atomic mass is 16.2. The average molecular weight is 238 g/mol. The monoisotopic (exact) mass is 238 g/mol. The van der Waals surface area contributed by atoms with Gasteiger partial charge in [-0.1, -0.05) is 13.3 Å². The molecule has 0 aromatic heterocycles. The Morgan fingerprint density at radius 1 is 1.29 bits per heavy atom. The van der Waals surface area contributed by atoms with E-state index in [1.54, 1.807) is 0 Å². The van der Waals surface area contributed by atoms with Crippen molar-refractivity contribution in [2.45, 2.75) is 57.9 Å². The summed E-state index contributed by atoms with van der Waals surface area (Å²) in [7, 11) is 0. The van der Waals surface area contributed by atoms with Crippen LogP contribution in [0.4, 0.5) is 0 Å². The van der Waals surface area contributed by atoms with Crippen LogP contribution in [0.3, 0.4) is 0 Å². The Morgan fingerprint density at radius 3 is 2.76 bits per heavy atom. The zero-order valence-electron chi connectivity index (χ0n) is 11.0. The van der Waals surface area contributed by atoms with Crippen LogP contribution in [-0.2, 0) is 4.79 Å². The van der Waals surface area contributed by atoms with Crippen LogP contribution < -0.4 is 5.73 Å². The molecule has 0 bridgehead atoms. The fourth-order valence-electron chi connectivity index (χ4n) is 3.50. The molecular formula is C14H26N2O. The summed E-state index contributed by atoms with van der Waals surface area (Å²) >= 11 is 0. The second kappa shape index (κ2) is 5.85. The molecule has 0 aromatic carbocycles. The smallest absolute Gasteiger partial charge is 0.226 e. The summed E-state index contributed by atoms with van der Waals surface area (Å²) in [4.78, 5) is 14.7. The van der Waals surface area contributed by atoms with Gasteiger partial charge in [-0.05, 0) is 51.0 Å². The van der Waals surface area contributed by atoms with E-state index in [0.29, 0.717) is 23.8 Å². The van der Waals surface area contributed by atoms with Gasteiger partial charge < -0.3 is 10.6 Å². The summed E-state index contributed by atoms with van der Waals surface area (Å²) < 4.78 is 0. The highest BCUT2D eigenvalue weighted by molar-refractivity contribution is 5.80. The van der Waals surface area contributed by atoms with Crippen LogP contribution in [0.1, 0.15) is 51.9 Å². The number of carbonyl (C=O) groups is 1. The number of hydrogen-bond donors (Lipinski definition) is 1. The molecule has 98 valence electrons. The van der Waals surface area contributed by atoms with Crippen LogP contribution >= 0.6 is 0 Å². The van der Waals surface area contributed by atoms with Gasteiger partial charge in [0.2, 0.25) is 5.91 Å². The Balaban J connectivity index is 1.93. The van der Waals surface area contributed by atoms with Crippen molar-refractivity contribution >= 4 is 5.91 Å². The molecule has 1 aliphatic carbocycles. The SMILES string of the molecule is CC1CCCC1C(=O)N1CCCC1CCCN. The van der Waals surface area contributed by atoms with E-state index in [0.717, 1.165) is 32.4 Å². The van der Waals surface area contributed by atoms with Crippen LogP contribution in [0.2, 0.25) is 0 Å². The third-order valence-corrected chi connectivity index (χ3v) is 4.58. The molecule has 2 rings (SSSR count). The molecule has 1 saturated carbocycles. The van der Waals surface area contributed by atoms with Crippen LogP contribution in [0, 0.1) is 11.8 Å². The third kappa shape index (κ3) is 2.82. The van der Waals surface area contributed by atoms with Gasteiger partial charge in [0.25, 0.3) is 0 Å². The standard InChI is InChI=1S/C14H26N2O/c1-11-5-2-8-13(11)14(17)16-10-4-7-12(16)6-3-9-15/h11-13H,2-10,15H2,1H3. The molecule has 1 aliphatic heterocycles. The molecular weight excluding hydrogens is 212 g/mol. The van der Waals surface area contributed by atoms with Gasteiger partial charge in [-0.15, -0.1) is 0 Å². The number of nitrogens with zero attached hydrogens (tertiary/aromatic N) is 1. The zero-order valence-corrected chi connectivity index (χ0v) is 11.0. The van der Waals surface area contributed by atoms with Crippen LogP contribution in [0.25, 0.3) is 0 Å². The molecule has 1 heterocycles. The molecule has 2 aliphatic rings. The summed E-state index contributed by atoms with van der Waals surface area (Å²) in [5.41, 5.74) is 5.57. The van der Waals surface area contributed by atoms with Gasteiger partial charge in [0.15, 0.2) is 0 Å². The summed E-state index contributed by atoms with van der Waals surface area (Å²) in [5, 5.41) is 0. The Labute approximate surface area is 105 Å². The molecule has 17 heavy (non-hydrogen) atoms. The zero-order chi connectivity index (χ0) is 12.3. The van der Waals surface area contributed by atoms with Gasteiger partial charge in [0.1, 0.15) is 0 Å². The quantitative estimate of drug-likeness (QED) is 0.815. The van der Waals surface area contributed by atoms with Crippen molar-refractivity contribution < 1.29 is 4.79 Å². The third-order valence-electron chi connectivity index (χ3n) is 4.58. The number of rotatable bonds is 4. The molecule has 1 saturated heterocycles. The minimum absolute atomic E-state index is 0.313. The number of likely N-dealkylation sites (tertiary alicyclic amines) is 1. The second-order valence-corrected chi connectivity index (χ2v) is 5.77. The first-order valence-electron chi connectivity index (χ1n) is 7.24. The lowest BCUT2D eigenvalue weighted by Gasteiger charge is -2.29. The van der Waals surface area contributed by atoms with Crippen molar-refractivity contribution in [2.24, 2.45) is 17.6 Å². The Morgan fingerprint density at radius 2 is 2.12 bits per heavy atom. The highest BCUT2D eigenvalue weighted by Gasteiger charge is 2.36. The van der Waals surface area contributed by atoms with Crippen molar-refractivity contribution in [3.05, 3.63) is 0 Å². The topological polar surface area (TPSA) is 46.3 Å². The summed E-state index contributed by atoms with van der Waals surface area (Å²) in [5.74, 6) is 1.35. The number of amides is 1. The molecule has 3 unspecified atom stereocenters. The fourth-order valence-corrected chi connectivity index (χ4v) is 3.50. The molecule has 3 atom stereocenters. The normalized spacial score (nSPS) is 33.3. The average Bonchev–Trinajstić information content (AvgIpc) is 2.94. The van der Waals surface area contributed by atoms with Gasteiger partial charge in [-0.2, -0.15) is 0 Å². The number of nitrogens with two attached hydrogens (primary N) is 1. The van der Waals surface area contributed by atoms with Crippen LogP contribution in [0.5, 0.6) is 0 Å². The molecule has 2 fully saturated rings. The Hall–Kier alpha value is -0.570. The van der Waals surface area contributed by atoms with E-state index in [4.69, 9.17) is 5.73 Å². The minimum Gasteiger partial charge on any atom is -0.339 e. The number of hydrogen-bond acceptors (Lipinski definition) is 2. The van der Waals surface area contributed by atoms with E-state index in [2.05, 4.69) is 11.8 Å². The van der Waals surface area contributed by atoms with E-state index in [1.165, 1.54) is 25.7 Å². The summed E-state index contributed by atoms with van der Waals surface area (Å²) in [6, 6.07) is 0.485. The largest absolute Gasteiger partial charge is 0.339 e. The van der Waals surface area contributed by atoms with Gasteiger partial charge in [0.05, 0.1) is 0 Å². The predicted molar refractivity (Wildman–Crippen MR) is 69.5 cm³/mol. The molecule has 0 spiro atoms. The van der Waals surface area contributed by atoms with E-state index in [-0.39, 0.29) is 0 Å². The second-order valence-electron chi connectivity index (χ2n) is 5.77. The van der Waals surface area contributed by atoms with Crippen LogP contribution in [0.15, 0.2) is 0 Å². The van der Waals surface area contributed by atoms with Crippen LogP contribution in [-0.4, -0.2) is 29.9 Å². The first kappa shape index (κ1) is 12.9. The highest BCUT2D eigenvalue weighted by Crippen LogP contribution is 2.34. The van der Waals surface area contributed by atoms with Crippen molar-refractivity contribution in [2.75, 3.05) is 13.1 Å². The predicted octanol–water partition coefficient (Wildman–Crippen LogP) is 2.15. The van der Waals surface area contributed by atoms with E-state index >= 15 is 0 Å². The first-order chi connectivity index (χ1) is 8.24. The number of carbonyl (C=O) groups excluding carboxylic acids is 1. The molecule has 2 N–H and O–H groups in total. The van der Waals surface area contributed by atoms with Crippen molar-refractivity contribution in [3.63, 3.8) is 0 Å². The van der Waals surface area contributed by atoms with Gasteiger partial charge in [-0.25, -0.2) is 0 Å². The lowest BCUT2D eigenvalue weighted by atomic mass is 9.96. The lowest BCUT2D eigenvalue weighted by molar-refractivity contribution is -0.137. The molecule has 0 aromatic rings. The maximum atomic E-state index is 12.5. The minimum atomic E-state index is 0.313. The molecule has 1 amide bonds. The molecule has 3 heteroatoms. The maximum Gasteiger partial charge on any atom is 0.226 e.